The van der Waals surface area contributed by atoms with Crippen LogP contribution in [0.25, 0.3) is 0 Å². The van der Waals surface area contributed by atoms with Gasteiger partial charge in [-0.25, -0.2) is 0 Å². The Morgan fingerprint density at radius 1 is 1.25 bits per heavy atom. The van der Waals surface area contributed by atoms with E-state index in [1.165, 1.54) is 18.2 Å². The predicted molar refractivity (Wildman–Crippen MR) is 65.3 cm³/mol. The van der Waals surface area contributed by atoms with Crippen molar-refractivity contribution in [3.05, 3.63) is 24.3 Å². The van der Waals surface area contributed by atoms with Crippen LogP contribution in [0.2, 0.25) is 0 Å². The van der Waals surface area contributed by atoms with Crippen molar-refractivity contribution >= 4 is 11.6 Å². The van der Waals surface area contributed by atoms with E-state index in [0.717, 1.165) is 6.07 Å². The number of anilines is 1. The second kappa shape index (κ2) is 6.13. The maximum atomic E-state index is 12.3. The molecular formula is C13H14F3NO3. The third kappa shape index (κ3) is 4.12. The summed E-state index contributed by atoms with van der Waals surface area (Å²) in [6.07, 6.45) is -3.66. The molecule has 0 unspecified atom stereocenters. The van der Waals surface area contributed by atoms with E-state index in [9.17, 15) is 18.0 Å². The number of hydrogen-bond acceptors (Lipinski definition) is 3. The maximum absolute atomic E-state index is 12.3. The first-order valence-electron chi connectivity index (χ1n) is 6.19. The first kappa shape index (κ1) is 14.6. The molecule has 0 spiro atoms. The van der Waals surface area contributed by atoms with Crippen molar-refractivity contribution in [2.24, 2.45) is 5.92 Å². The molecule has 1 saturated heterocycles. The number of para-hydroxylation sites is 2. The van der Waals surface area contributed by atoms with Gasteiger partial charge in [0.05, 0.1) is 5.69 Å². The predicted octanol–water partition coefficient (Wildman–Crippen LogP) is 2.95. The number of halogens is 3. The standard InChI is InChI=1S/C13H14F3NO3/c14-13(15,16)20-11-4-2-1-3-10(11)17-12(18)9-5-7-19-8-6-9/h1-4,9H,5-8H2,(H,17,18). The van der Waals surface area contributed by atoms with Gasteiger partial charge in [-0.3, -0.25) is 4.79 Å². The molecule has 0 aliphatic carbocycles. The second-order valence-corrected chi connectivity index (χ2v) is 4.42. The molecule has 1 heterocycles. The molecule has 20 heavy (non-hydrogen) atoms. The van der Waals surface area contributed by atoms with Crippen LogP contribution in [0.3, 0.4) is 0 Å². The van der Waals surface area contributed by atoms with Gasteiger partial charge in [-0.1, -0.05) is 12.1 Å². The lowest BCUT2D eigenvalue weighted by Gasteiger charge is -2.22. The van der Waals surface area contributed by atoms with Gasteiger partial charge in [-0.05, 0) is 25.0 Å². The van der Waals surface area contributed by atoms with E-state index >= 15 is 0 Å². The fraction of sp³-hybridized carbons (Fsp3) is 0.462. The number of rotatable bonds is 3. The van der Waals surface area contributed by atoms with Crippen molar-refractivity contribution in [2.75, 3.05) is 18.5 Å². The van der Waals surface area contributed by atoms with Gasteiger partial charge in [-0.2, -0.15) is 0 Å². The van der Waals surface area contributed by atoms with Gasteiger partial charge in [-0.15, -0.1) is 13.2 Å². The molecule has 7 heteroatoms. The number of amides is 1. The van der Waals surface area contributed by atoms with Crippen LogP contribution in [0, 0.1) is 5.92 Å². The van der Waals surface area contributed by atoms with E-state index in [2.05, 4.69) is 10.1 Å². The molecule has 0 saturated carbocycles. The molecule has 1 aliphatic heterocycles. The molecule has 1 amide bonds. The molecule has 2 rings (SSSR count). The third-order valence-corrected chi connectivity index (χ3v) is 2.96. The largest absolute Gasteiger partial charge is 0.573 e. The van der Waals surface area contributed by atoms with Gasteiger partial charge < -0.3 is 14.8 Å². The molecule has 1 N–H and O–H groups in total. The minimum Gasteiger partial charge on any atom is -0.404 e. The molecule has 1 aromatic rings. The Morgan fingerprint density at radius 2 is 1.90 bits per heavy atom. The van der Waals surface area contributed by atoms with Crippen molar-refractivity contribution in [3.8, 4) is 5.75 Å². The van der Waals surface area contributed by atoms with Gasteiger partial charge in [0.15, 0.2) is 5.75 Å². The summed E-state index contributed by atoms with van der Waals surface area (Å²) >= 11 is 0. The van der Waals surface area contributed by atoms with E-state index < -0.39 is 12.1 Å². The number of benzene rings is 1. The highest BCUT2D eigenvalue weighted by molar-refractivity contribution is 5.94. The second-order valence-electron chi connectivity index (χ2n) is 4.42. The zero-order valence-electron chi connectivity index (χ0n) is 10.6. The minimum atomic E-state index is -4.79. The molecule has 1 aromatic carbocycles. The van der Waals surface area contributed by atoms with Crippen molar-refractivity contribution in [2.45, 2.75) is 19.2 Å². The Labute approximate surface area is 113 Å². The molecule has 4 nitrogen and oxygen atoms in total. The van der Waals surface area contributed by atoms with E-state index in [4.69, 9.17) is 4.74 Å². The summed E-state index contributed by atoms with van der Waals surface area (Å²) in [7, 11) is 0. The normalized spacial score (nSPS) is 16.8. The van der Waals surface area contributed by atoms with Crippen molar-refractivity contribution in [1.29, 1.82) is 0 Å². The van der Waals surface area contributed by atoms with E-state index in [-0.39, 0.29) is 17.5 Å². The monoisotopic (exact) mass is 289 g/mol. The average Bonchev–Trinajstić information content (AvgIpc) is 2.40. The third-order valence-electron chi connectivity index (χ3n) is 2.96. The zero-order chi connectivity index (χ0) is 14.6. The van der Waals surface area contributed by atoms with Crippen LogP contribution in [0.1, 0.15) is 12.8 Å². The number of alkyl halides is 3. The average molecular weight is 289 g/mol. The zero-order valence-corrected chi connectivity index (χ0v) is 10.6. The Bertz CT molecular complexity index is 470. The summed E-state index contributed by atoms with van der Waals surface area (Å²) in [6, 6.07) is 5.47. The van der Waals surface area contributed by atoms with Crippen molar-refractivity contribution in [1.82, 2.24) is 0 Å². The molecule has 0 atom stereocenters. The number of ether oxygens (including phenoxy) is 2. The summed E-state index contributed by atoms with van der Waals surface area (Å²) < 4.78 is 45.8. The molecule has 0 aromatic heterocycles. The van der Waals surface area contributed by atoms with Crippen molar-refractivity contribution in [3.63, 3.8) is 0 Å². The lowest BCUT2D eigenvalue weighted by molar-refractivity contribution is -0.274. The highest BCUT2D eigenvalue weighted by Crippen LogP contribution is 2.30. The summed E-state index contributed by atoms with van der Waals surface area (Å²) in [5.41, 5.74) is 0.0151. The SMILES string of the molecule is O=C(Nc1ccccc1OC(F)(F)F)C1CCOCC1. The first-order valence-corrected chi connectivity index (χ1v) is 6.19. The summed E-state index contributed by atoms with van der Waals surface area (Å²) in [6.45, 7) is 0.970. The Balaban J connectivity index is 2.06. The van der Waals surface area contributed by atoms with Crippen LogP contribution in [0.15, 0.2) is 24.3 Å². The number of carbonyl (C=O) groups excluding carboxylic acids is 1. The quantitative estimate of drug-likeness (QED) is 0.930. The van der Waals surface area contributed by atoms with Gasteiger partial charge >= 0.3 is 6.36 Å². The van der Waals surface area contributed by atoms with E-state index in [1.54, 1.807) is 0 Å². The molecule has 110 valence electrons. The first-order chi connectivity index (χ1) is 9.46. The maximum Gasteiger partial charge on any atom is 0.573 e. The lowest BCUT2D eigenvalue weighted by atomic mass is 9.99. The fourth-order valence-corrected chi connectivity index (χ4v) is 1.98. The smallest absolute Gasteiger partial charge is 0.404 e. The summed E-state index contributed by atoms with van der Waals surface area (Å²) in [5.74, 6) is -0.977. The Morgan fingerprint density at radius 3 is 2.55 bits per heavy atom. The lowest BCUT2D eigenvalue weighted by Crippen LogP contribution is -2.29. The highest BCUT2D eigenvalue weighted by Gasteiger charge is 2.32. The molecule has 0 radical (unpaired) electrons. The van der Waals surface area contributed by atoms with Crippen LogP contribution in [0.4, 0.5) is 18.9 Å². The Hall–Kier alpha value is -1.76. The van der Waals surface area contributed by atoms with Gasteiger partial charge in [0.25, 0.3) is 0 Å². The van der Waals surface area contributed by atoms with Crippen LogP contribution in [0.5, 0.6) is 5.75 Å². The van der Waals surface area contributed by atoms with E-state index in [1.807, 2.05) is 0 Å². The van der Waals surface area contributed by atoms with E-state index in [0.29, 0.717) is 26.1 Å². The van der Waals surface area contributed by atoms with Crippen LogP contribution in [-0.2, 0) is 9.53 Å². The molecule has 1 fully saturated rings. The van der Waals surface area contributed by atoms with Gasteiger partial charge in [0, 0.05) is 19.1 Å². The molecule has 1 aliphatic rings. The number of nitrogens with one attached hydrogen (secondary N) is 1. The number of hydrogen-bond donors (Lipinski definition) is 1. The minimum absolute atomic E-state index is 0.0151. The topological polar surface area (TPSA) is 47.6 Å². The molecule has 0 bridgehead atoms. The van der Waals surface area contributed by atoms with Crippen molar-refractivity contribution < 1.29 is 27.4 Å². The molecular weight excluding hydrogens is 275 g/mol. The number of carbonyl (C=O) groups is 1. The van der Waals surface area contributed by atoms with Crippen LogP contribution < -0.4 is 10.1 Å². The summed E-state index contributed by atoms with van der Waals surface area (Å²) in [5, 5.41) is 2.48. The van der Waals surface area contributed by atoms with Crippen LogP contribution >= 0.6 is 0 Å². The Kier molecular flexibility index (Phi) is 4.49. The van der Waals surface area contributed by atoms with Gasteiger partial charge in [0.2, 0.25) is 5.91 Å². The van der Waals surface area contributed by atoms with Crippen LogP contribution in [-0.4, -0.2) is 25.5 Å². The van der Waals surface area contributed by atoms with Gasteiger partial charge in [0.1, 0.15) is 0 Å². The highest BCUT2D eigenvalue weighted by atomic mass is 19.4. The summed E-state index contributed by atoms with van der Waals surface area (Å²) in [4.78, 5) is 12.0. The fourth-order valence-electron chi connectivity index (χ4n) is 1.98.